The third kappa shape index (κ3) is 3.45. The van der Waals surface area contributed by atoms with Crippen LogP contribution in [0.15, 0.2) is 42.7 Å². The second kappa shape index (κ2) is 6.00. The highest BCUT2D eigenvalue weighted by molar-refractivity contribution is 5.36. The lowest BCUT2D eigenvalue weighted by molar-refractivity contribution is 0.213. The van der Waals surface area contributed by atoms with E-state index in [1.165, 1.54) is 11.9 Å². The predicted octanol–water partition coefficient (Wildman–Crippen LogP) is 2.53. The van der Waals surface area contributed by atoms with Crippen molar-refractivity contribution in [2.75, 3.05) is 12.4 Å². The van der Waals surface area contributed by atoms with Crippen LogP contribution in [0.25, 0.3) is 0 Å². The van der Waals surface area contributed by atoms with Gasteiger partial charge in [-0.2, -0.15) is 0 Å². The number of hydrogen-bond donors (Lipinski definition) is 1. The van der Waals surface area contributed by atoms with Gasteiger partial charge in [-0.1, -0.05) is 30.3 Å². The maximum absolute atomic E-state index is 5.77. The molecular formula is C14H17N3O. The molecule has 2 aromatic rings. The molecule has 1 atom stereocenters. The van der Waals surface area contributed by atoms with Gasteiger partial charge in [0.2, 0.25) is 5.88 Å². The summed E-state index contributed by atoms with van der Waals surface area (Å²) in [5.41, 5.74) is 1.26. The number of hydrogen-bond acceptors (Lipinski definition) is 4. The number of ether oxygens (including phenoxy) is 1. The van der Waals surface area contributed by atoms with Crippen molar-refractivity contribution < 1.29 is 4.74 Å². The summed E-state index contributed by atoms with van der Waals surface area (Å²) in [5, 5.41) is 2.96. The van der Waals surface area contributed by atoms with Gasteiger partial charge in [0.15, 0.2) is 0 Å². The van der Waals surface area contributed by atoms with E-state index in [9.17, 15) is 0 Å². The standard InChI is InChI=1S/C14H17N3O/c1-11(8-12-6-4-3-5-7-12)18-14-9-13(15-2)16-10-17-14/h3-7,9-11H,8H2,1-2H3,(H,15,16,17). The summed E-state index contributed by atoms with van der Waals surface area (Å²) in [6, 6.07) is 12.1. The number of nitrogens with one attached hydrogen (secondary N) is 1. The van der Waals surface area contributed by atoms with Crippen molar-refractivity contribution in [1.29, 1.82) is 0 Å². The molecule has 4 heteroatoms. The lowest BCUT2D eigenvalue weighted by atomic mass is 10.1. The molecular weight excluding hydrogens is 226 g/mol. The average Bonchev–Trinajstić information content (AvgIpc) is 2.40. The van der Waals surface area contributed by atoms with Crippen LogP contribution in [0.2, 0.25) is 0 Å². The fourth-order valence-corrected chi connectivity index (χ4v) is 1.73. The fourth-order valence-electron chi connectivity index (χ4n) is 1.73. The minimum atomic E-state index is 0.0759. The number of anilines is 1. The Morgan fingerprint density at radius 2 is 2.00 bits per heavy atom. The summed E-state index contributed by atoms with van der Waals surface area (Å²) in [6.45, 7) is 2.04. The topological polar surface area (TPSA) is 47.0 Å². The number of benzene rings is 1. The average molecular weight is 243 g/mol. The predicted molar refractivity (Wildman–Crippen MR) is 71.8 cm³/mol. The van der Waals surface area contributed by atoms with Crippen LogP contribution in [0.3, 0.4) is 0 Å². The van der Waals surface area contributed by atoms with Gasteiger partial charge in [-0.15, -0.1) is 0 Å². The molecule has 1 aromatic heterocycles. The highest BCUT2D eigenvalue weighted by Crippen LogP contribution is 2.14. The Labute approximate surface area is 107 Å². The van der Waals surface area contributed by atoms with Crippen molar-refractivity contribution in [3.05, 3.63) is 48.3 Å². The normalized spacial score (nSPS) is 11.9. The Morgan fingerprint density at radius 1 is 1.22 bits per heavy atom. The van der Waals surface area contributed by atoms with Gasteiger partial charge in [0, 0.05) is 19.5 Å². The molecule has 94 valence electrons. The Balaban J connectivity index is 1.96. The van der Waals surface area contributed by atoms with Crippen molar-refractivity contribution in [1.82, 2.24) is 9.97 Å². The van der Waals surface area contributed by atoms with Crippen LogP contribution in [-0.4, -0.2) is 23.1 Å². The van der Waals surface area contributed by atoms with Crippen molar-refractivity contribution >= 4 is 5.82 Å². The van der Waals surface area contributed by atoms with E-state index in [0.29, 0.717) is 5.88 Å². The molecule has 0 aliphatic rings. The maximum atomic E-state index is 5.77. The Morgan fingerprint density at radius 3 is 2.72 bits per heavy atom. The molecule has 0 radical (unpaired) electrons. The van der Waals surface area contributed by atoms with E-state index in [4.69, 9.17) is 4.74 Å². The van der Waals surface area contributed by atoms with Crippen LogP contribution in [0.5, 0.6) is 5.88 Å². The first-order valence-electron chi connectivity index (χ1n) is 5.98. The molecule has 0 saturated heterocycles. The van der Waals surface area contributed by atoms with Gasteiger partial charge in [-0.05, 0) is 12.5 Å². The van der Waals surface area contributed by atoms with Gasteiger partial charge < -0.3 is 10.1 Å². The van der Waals surface area contributed by atoms with Crippen LogP contribution in [0.4, 0.5) is 5.82 Å². The lowest BCUT2D eigenvalue weighted by Gasteiger charge is -2.14. The van der Waals surface area contributed by atoms with Crippen LogP contribution >= 0.6 is 0 Å². The molecule has 0 fully saturated rings. The van der Waals surface area contributed by atoms with Crippen molar-refractivity contribution in [3.8, 4) is 5.88 Å². The van der Waals surface area contributed by atoms with Gasteiger partial charge in [-0.3, -0.25) is 0 Å². The quantitative estimate of drug-likeness (QED) is 0.876. The zero-order valence-corrected chi connectivity index (χ0v) is 10.6. The highest BCUT2D eigenvalue weighted by atomic mass is 16.5. The molecule has 1 N–H and O–H groups in total. The maximum Gasteiger partial charge on any atom is 0.218 e. The van der Waals surface area contributed by atoms with Gasteiger partial charge in [0.25, 0.3) is 0 Å². The monoisotopic (exact) mass is 243 g/mol. The van der Waals surface area contributed by atoms with E-state index >= 15 is 0 Å². The van der Waals surface area contributed by atoms with Gasteiger partial charge >= 0.3 is 0 Å². The Kier molecular flexibility index (Phi) is 4.12. The third-order valence-electron chi connectivity index (χ3n) is 2.59. The number of aromatic nitrogens is 2. The molecule has 1 heterocycles. The molecule has 18 heavy (non-hydrogen) atoms. The smallest absolute Gasteiger partial charge is 0.218 e. The van der Waals surface area contributed by atoms with Gasteiger partial charge in [0.05, 0.1) is 0 Å². The van der Waals surface area contributed by atoms with E-state index in [-0.39, 0.29) is 6.10 Å². The third-order valence-corrected chi connectivity index (χ3v) is 2.59. The summed E-state index contributed by atoms with van der Waals surface area (Å²) in [6.07, 6.45) is 2.43. The minimum absolute atomic E-state index is 0.0759. The van der Waals surface area contributed by atoms with Crippen LogP contribution < -0.4 is 10.1 Å². The molecule has 0 aliphatic carbocycles. The SMILES string of the molecule is CNc1cc(OC(C)Cc2ccccc2)ncn1. The van der Waals surface area contributed by atoms with E-state index < -0.39 is 0 Å². The molecule has 0 bridgehead atoms. The largest absolute Gasteiger partial charge is 0.474 e. The molecule has 0 spiro atoms. The first-order chi connectivity index (χ1) is 8.78. The molecule has 0 saturated carbocycles. The minimum Gasteiger partial charge on any atom is -0.474 e. The van der Waals surface area contributed by atoms with Crippen LogP contribution in [0.1, 0.15) is 12.5 Å². The van der Waals surface area contributed by atoms with E-state index in [1.807, 2.05) is 32.2 Å². The number of rotatable bonds is 5. The van der Waals surface area contributed by atoms with Crippen molar-refractivity contribution in [2.24, 2.45) is 0 Å². The molecule has 1 aromatic carbocycles. The zero-order valence-electron chi connectivity index (χ0n) is 10.6. The summed E-state index contributed by atoms with van der Waals surface area (Å²) < 4.78 is 5.77. The molecule has 0 aliphatic heterocycles. The van der Waals surface area contributed by atoms with Crippen LogP contribution in [0, 0.1) is 0 Å². The lowest BCUT2D eigenvalue weighted by Crippen LogP contribution is -2.16. The zero-order chi connectivity index (χ0) is 12.8. The summed E-state index contributed by atoms with van der Waals surface area (Å²) in [7, 11) is 1.82. The Hall–Kier alpha value is -2.10. The van der Waals surface area contributed by atoms with Gasteiger partial charge in [-0.25, -0.2) is 9.97 Å². The first kappa shape index (κ1) is 12.4. The highest BCUT2D eigenvalue weighted by Gasteiger charge is 2.06. The molecule has 2 rings (SSSR count). The number of nitrogens with zero attached hydrogens (tertiary/aromatic N) is 2. The van der Waals surface area contributed by atoms with E-state index in [0.717, 1.165) is 12.2 Å². The van der Waals surface area contributed by atoms with Crippen molar-refractivity contribution in [3.63, 3.8) is 0 Å². The fraction of sp³-hybridized carbons (Fsp3) is 0.286. The molecule has 0 amide bonds. The van der Waals surface area contributed by atoms with Crippen LogP contribution in [-0.2, 0) is 6.42 Å². The summed E-state index contributed by atoms with van der Waals surface area (Å²) in [5.74, 6) is 1.35. The first-order valence-corrected chi connectivity index (χ1v) is 5.98. The van der Waals surface area contributed by atoms with Gasteiger partial charge in [0.1, 0.15) is 18.2 Å². The second-order valence-electron chi connectivity index (χ2n) is 4.11. The second-order valence-corrected chi connectivity index (χ2v) is 4.11. The molecule has 1 unspecified atom stereocenters. The van der Waals surface area contributed by atoms with E-state index in [2.05, 4.69) is 27.4 Å². The van der Waals surface area contributed by atoms with E-state index in [1.54, 1.807) is 6.07 Å². The molecule has 4 nitrogen and oxygen atoms in total. The Bertz CT molecular complexity index is 487. The van der Waals surface area contributed by atoms with Crippen molar-refractivity contribution in [2.45, 2.75) is 19.4 Å². The summed E-state index contributed by atoms with van der Waals surface area (Å²) in [4.78, 5) is 8.14. The summed E-state index contributed by atoms with van der Waals surface area (Å²) >= 11 is 0.